The number of thioether (sulfide) groups is 1. The fourth-order valence-corrected chi connectivity index (χ4v) is 0.931. The molecule has 0 aromatic carbocycles. The van der Waals surface area contributed by atoms with E-state index in [1.54, 1.807) is 6.26 Å². The lowest BCUT2D eigenvalue weighted by Gasteiger charge is -2.12. The molecular formula is C7H13NO3S. The molecule has 0 spiro atoms. The third kappa shape index (κ3) is 3.61. The Bertz CT molecular complexity index is 172. The number of methoxy groups -OCH3 is 1. The molecule has 4 nitrogen and oxygen atoms in total. The van der Waals surface area contributed by atoms with Gasteiger partial charge in [-0.3, -0.25) is 4.79 Å². The molecule has 0 saturated carbocycles. The van der Waals surface area contributed by atoms with Gasteiger partial charge in [-0.25, -0.2) is 4.79 Å². The maximum Gasteiger partial charge on any atom is 0.328 e. The largest absolute Gasteiger partial charge is 0.467 e. The van der Waals surface area contributed by atoms with Gasteiger partial charge in [0, 0.05) is 0 Å². The van der Waals surface area contributed by atoms with E-state index in [-0.39, 0.29) is 5.24 Å². The molecule has 0 saturated heterocycles. The maximum absolute atomic E-state index is 10.9. The van der Waals surface area contributed by atoms with E-state index in [1.807, 2.05) is 6.92 Å². The zero-order valence-corrected chi connectivity index (χ0v) is 8.23. The number of rotatable bonds is 3. The van der Waals surface area contributed by atoms with Gasteiger partial charge < -0.3 is 10.1 Å². The molecule has 0 aliphatic rings. The van der Waals surface area contributed by atoms with Crippen molar-refractivity contribution in [1.82, 2.24) is 5.32 Å². The van der Waals surface area contributed by atoms with E-state index in [0.29, 0.717) is 6.42 Å². The SMILES string of the molecule is CC[C@H](NC(=O)SC)C(=O)OC. The van der Waals surface area contributed by atoms with Crippen LogP contribution in [0.5, 0.6) is 0 Å². The van der Waals surface area contributed by atoms with Crippen molar-refractivity contribution in [1.29, 1.82) is 0 Å². The highest BCUT2D eigenvalue weighted by Crippen LogP contribution is 1.99. The average molecular weight is 191 g/mol. The summed E-state index contributed by atoms with van der Waals surface area (Å²) in [7, 11) is 1.30. The monoisotopic (exact) mass is 191 g/mol. The maximum atomic E-state index is 10.9. The van der Waals surface area contributed by atoms with Crippen molar-refractivity contribution in [3.05, 3.63) is 0 Å². The van der Waals surface area contributed by atoms with Crippen LogP contribution in [0.4, 0.5) is 4.79 Å². The van der Waals surface area contributed by atoms with E-state index < -0.39 is 12.0 Å². The third-order valence-corrected chi connectivity index (χ3v) is 1.86. The number of carbonyl (C=O) groups excluding carboxylic acids is 2. The van der Waals surface area contributed by atoms with Gasteiger partial charge in [0.05, 0.1) is 7.11 Å². The van der Waals surface area contributed by atoms with Crippen molar-refractivity contribution in [3.8, 4) is 0 Å². The summed E-state index contributed by atoms with van der Waals surface area (Å²) in [5, 5.41) is 2.30. The van der Waals surface area contributed by atoms with Crippen LogP contribution < -0.4 is 5.32 Å². The topological polar surface area (TPSA) is 55.4 Å². The number of esters is 1. The molecule has 0 fully saturated rings. The fraction of sp³-hybridized carbons (Fsp3) is 0.714. The first kappa shape index (κ1) is 11.3. The second-order valence-corrected chi connectivity index (χ2v) is 2.90. The Balaban J connectivity index is 3.99. The fourth-order valence-electron chi connectivity index (χ4n) is 0.671. The lowest BCUT2D eigenvalue weighted by Crippen LogP contribution is -2.39. The lowest BCUT2D eigenvalue weighted by atomic mass is 10.2. The molecule has 5 heteroatoms. The smallest absolute Gasteiger partial charge is 0.328 e. The first-order chi connectivity index (χ1) is 5.65. The summed E-state index contributed by atoms with van der Waals surface area (Å²) in [5.74, 6) is -0.403. The van der Waals surface area contributed by atoms with Crippen molar-refractivity contribution < 1.29 is 14.3 Å². The Morgan fingerprint density at radius 1 is 1.58 bits per heavy atom. The van der Waals surface area contributed by atoms with Crippen molar-refractivity contribution in [2.75, 3.05) is 13.4 Å². The molecule has 0 unspecified atom stereocenters. The van der Waals surface area contributed by atoms with E-state index in [2.05, 4.69) is 10.1 Å². The molecule has 0 aromatic rings. The van der Waals surface area contributed by atoms with Crippen molar-refractivity contribution in [3.63, 3.8) is 0 Å². The van der Waals surface area contributed by atoms with Crippen molar-refractivity contribution in [2.24, 2.45) is 0 Å². The van der Waals surface area contributed by atoms with E-state index in [0.717, 1.165) is 11.8 Å². The van der Waals surface area contributed by atoms with Gasteiger partial charge in [0.15, 0.2) is 0 Å². The molecule has 12 heavy (non-hydrogen) atoms. The van der Waals surface area contributed by atoms with E-state index in [4.69, 9.17) is 0 Å². The van der Waals surface area contributed by atoms with Gasteiger partial charge in [0.25, 0.3) is 5.24 Å². The number of ether oxygens (including phenoxy) is 1. The molecule has 1 N–H and O–H groups in total. The van der Waals surface area contributed by atoms with Crippen LogP contribution in [0.3, 0.4) is 0 Å². The minimum atomic E-state index is -0.519. The van der Waals surface area contributed by atoms with Crippen LogP contribution >= 0.6 is 11.8 Å². The highest BCUT2D eigenvalue weighted by Gasteiger charge is 2.18. The Morgan fingerprint density at radius 2 is 2.17 bits per heavy atom. The quantitative estimate of drug-likeness (QED) is 0.676. The number of hydrogen-bond acceptors (Lipinski definition) is 4. The zero-order valence-electron chi connectivity index (χ0n) is 7.42. The normalized spacial score (nSPS) is 11.9. The van der Waals surface area contributed by atoms with E-state index >= 15 is 0 Å². The number of amides is 1. The van der Waals surface area contributed by atoms with Crippen molar-refractivity contribution in [2.45, 2.75) is 19.4 Å². The molecule has 0 aliphatic carbocycles. The molecule has 0 bridgehead atoms. The lowest BCUT2D eigenvalue weighted by molar-refractivity contribution is -0.142. The molecule has 0 heterocycles. The summed E-state index contributed by atoms with van der Waals surface area (Å²) in [6.07, 6.45) is 2.19. The van der Waals surface area contributed by atoms with Gasteiger partial charge in [-0.1, -0.05) is 18.7 Å². The Kier molecular flexibility index (Phi) is 5.53. The average Bonchev–Trinajstić information content (AvgIpc) is 2.12. The van der Waals surface area contributed by atoms with Gasteiger partial charge in [-0.2, -0.15) is 0 Å². The van der Waals surface area contributed by atoms with Gasteiger partial charge in [0.1, 0.15) is 6.04 Å². The van der Waals surface area contributed by atoms with Gasteiger partial charge in [-0.05, 0) is 12.7 Å². The molecule has 1 atom stereocenters. The summed E-state index contributed by atoms with van der Waals surface area (Å²) in [6.45, 7) is 1.81. The van der Waals surface area contributed by atoms with Gasteiger partial charge in [-0.15, -0.1) is 0 Å². The molecule has 0 radical (unpaired) electrons. The summed E-state index contributed by atoms with van der Waals surface area (Å²) >= 11 is 1.04. The van der Waals surface area contributed by atoms with Crippen LogP contribution in [0.25, 0.3) is 0 Å². The van der Waals surface area contributed by atoms with Crippen molar-refractivity contribution >= 4 is 23.0 Å². The zero-order chi connectivity index (χ0) is 9.56. The van der Waals surface area contributed by atoms with Crippen LogP contribution in [0.15, 0.2) is 0 Å². The summed E-state index contributed by atoms with van der Waals surface area (Å²) in [4.78, 5) is 21.8. The Labute approximate surface area is 76.0 Å². The molecule has 0 rings (SSSR count). The Hall–Kier alpha value is -0.710. The predicted molar refractivity (Wildman–Crippen MR) is 48.1 cm³/mol. The summed E-state index contributed by atoms with van der Waals surface area (Å²) in [5.41, 5.74) is 0. The molecule has 0 aromatic heterocycles. The van der Waals surface area contributed by atoms with Crippen LogP contribution in [0.2, 0.25) is 0 Å². The highest BCUT2D eigenvalue weighted by atomic mass is 32.2. The van der Waals surface area contributed by atoms with E-state index in [1.165, 1.54) is 7.11 Å². The van der Waals surface area contributed by atoms with Gasteiger partial charge in [0.2, 0.25) is 0 Å². The number of hydrogen-bond donors (Lipinski definition) is 1. The van der Waals surface area contributed by atoms with Crippen LogP contribution in [-0.4, -0.2) is 30.6 Å². The van der Waals surface area contributed by atoms with E-state index in [9.17, 15) is 9.59 Å². The van der Waals surface area contributed by atoms with Crippen LogP contribution in [0.1, 0.15) is 13.3 Å². The van der Waals surface area contributed by atoms with Gasteiger partial charge >= 0.3 is 5.97 Å². The molecule has 1 amide bonds. The first-order valence-electron chi connectivity index (χ1n) is 3.58. The summed E-state index contributed by atoms with van der Waals surface area (Å²) in [6, 6.07) is -0.519. The third-order valence-electron chi connectivity index (χ3n) is 1.37. The second-order valence-electron chi connectivity index (χ2n) is 2.12. The molecular weight excluding hydrogens is 178 g/mol. The molecule has 0 aliphatic heterocycles. The second kappa shape index (κ2) is 5.88. The Morgan fingerprint density at radius 3 is 2.50 bits per heavy atom. The number of nitrogens with one attached hydrogen (secondary N) is 1. The van der Waals surface area contributed by atoms with Crippen LogP contribution in [-0.2, 0) is 9.53 Å². The number of carbonyl (C=O) groups is 2. The highest BCUT2D eigenvalue weighted by molar-refractivity contribution is 8.12. The minimum absolute atomic E-state index is 0.216. The van der Waals surface area contributed by atoms with Crippen LogP contribution in [0, 0.1) is 0 Å². The molecule has 70 valence electrons. The predicted octanol–water partition coefficient (Wildman–Crippen LogP) is 1.01. The first-order valence-corrected chi connectivity index (χ1v) is 4.80. The standard InChI is InChI=1S/C7H13NO3S/c1-4-5(6(9)11-2)8-7(10)12-3/h5H,4H2,1-3H3,(H,8,10)/t5-/m0/s1. The minimum Gasteiger partial charge on any atom is -0.467 e. The summed E-state index contributed by atoms with van der Waals surface area (Å²) < 4.78 is 4.49.